The summed E-state index contributed by atoms with van der Waals surface area (Å²) in [4.78, 5) is 17.7. The highest BCUT2D eigenvalue weighted by Crippen LogP contribution is 2.57. The number of likely N-dealkylation sites (tertiary alicyclic amines) is 2. The van der Waals surface area contributed by atoms with Crippen molar-refractivity contribution in [1.29, 1.82) is 0 Å². The summed E-state index contributed by atoms with van der Waals surface area (Å²) < 4.78 is 0. The molecule has 5 nitrogen and oxygen atoms in total. The van der Waals surface area contributed by atoms with E-state index in [0.717, 1.165) is 17.4 Å². The van der Waals surface area contributed by atoms with E-state index in [-0.39, 0.29) is 0 Å². The van der Waals surface area contributed by atoms with Gasteiger partial charge in [-0.15, -0.1) is 0 Å². The third kappa shape index (κ3) is 4.09. The number of fused-ring (bicyclic) bond motifs is 2. The minimum Gasteiger partial charge on any atom is -0.332 e. The van der Waals surface area contributed by atoms with Crippen LogP contribution in [0.15, 0.2) is 12.4 Å². The molecule has 2 atom stereocenters. The number of piperazine rings is 1. The molecular formula is C27H45N5. The van der Waals surface area contributed by atoms with Gasteiger partial charge in [0.15, 0.2) is 0 Å². The molecular weight excluding hydrogens is 394 g/mol. The summed E-state index contributed by atoms with van der Waals surface area (Å²) in [5.41, 5.74) is 2.17. The highest BCUT2D eigenvalue weighted by atomic mass is 15.4. The van der Waals surface area contributed by atoms with E-state index < -0.39 is 0 Å². The van der Waals surface area contributed by atoms with Gasteiger partial charge in [-0.2, -0.15) is 0 Å². The highest BCUT2D eigenvalue weighted by Gasteiger charge is 2.50. The first kappa shape index (κ1) is 22.6. The lowest BCUT2D eigenvalue weighted by Crippen LogP contribution is -2.56. The lowest BCUT2D eigenvalue weighted by molar-refractivity contribution is -0.0611. The van der Waals surface area contributed by atoms with Gasteiger partial charge in [-0.1, -0.05) is 20.3 Å². The molecule has 0 N–H and O–H groups in total. The van der Waals surface area contributed by atoms with E-state index >= 15 is 0 Å². The first-order valence-corrected chi connectivity index (χ1v) is 13.7. The van der Waals surface area contributed by atoms with E-state index in [1.54, 1.807) is 0 Å². The summed E-state index contributed by atoms with van der Waals surface area (Å²) >= 11 is 0. The van der Waals surface area contributed by atoms with E-state index in [9.17, 15) is 0 Å². The monoisotopic (exact) mass is 439 g/mol. The van der Waals surface area contributed by atoms with Crippen molar-refractivity contribution < 1.29 is 0 Å². The normalized spacial score (nSPS) is 30.7. The van der Waals surface area contributed by atoms with Gasteiger partial charge in [0.2, 0.25) is 5.95 Å². The van der Waals surface area contributed by atoms with Gasteiger partial charge >= 0.3 is 0 Å². The molecule has 3 saturated heterocycles. The van der Waals surface area contributed by atoms with Gasteiger partial charge in [-0.05, 0) is 95.2 Å². The Kier molecular flexibility index (Phi) is 6.50. The van der Waals surface area contributed by atoms with Crippen LogP contribution >= 0.6 is 0 Å². The molecule has 178 valence electrons. The number of aromatic nitrogens is 2. The number of hydrogen-bond acceptors (Lipinski definition) is 5. The van der Waals surface area contributed by atoms with Crippen LogP contribution in [0.2, 0.25) is 0 Å². The largest absolute Gasteiger partial charge is 0.332 e. The molecule has 5 heteroatoms. The zero-order chi connectivity index (χ0) is 22.3. The van der Waals surface area contributed by atoms with Gasteiger partial charge in [0.05, 0.1) is 0 Å². The third-order valence-corrected chi connectivity index (χ3v) is 9.40. The maximum Gasteiger partial charge on any atom is 0.225 e. The predicted molar refractivity (Wildman–Crippen MR) is 132 cm³/mol. The minimum atomic E-state index is 0.599. The maximum absolute atomic E-state index is 4.89. The molecule has 1 aromatic heterocycles. The van der Waals surface area contributed by atoms with Gasteiger partial charge < -0.3 is 9.80 Å². The molecule has 0 aromatic carbocycles. The summed E-state index contributed by atoms with van der Waals surface area (Å²) in [5, 5.41) is 0. The SMILES string of the molecule is CC.CC(C)N1CC2CCC(C1)N2c1ncc(C2CCN(C3CC4(CCC4)C3)CC2)cn1. The number of rotatable bonds is 4. The average Bonchev–Trinajstić information content (AvgIpc) is 3.02. The molecule has 0 amide bonds. The molecule has 6 rings (SSSR count). The number of hydrogen-bond donors (Lipinski definition) is 0. The number of piperidine rings is 1. The van der Waals surface area contributed by atoms with Gasteiger partial charge in [0, 0.05) is 49.7 Å². The average molecular weight is 440 g/mol. The molecule has 5 fully saturated rings. The molecule has 2 unspecified atom stereocenters. The number of anilines is 1. The Hall–Kier alpha value is -1.20. The van der Waals surface area contributed by atoms with E-state index in [4.69, 9.17) is 9.97 Å². The van der Waals surface area contributed by atoms with Crippen molar-refractivity contribution in [3.05, 3.63) is 18.0 Å². The molecule has 2 saturated carbocycles. The van der Waals surface area contributed by atoms with Gasteiger partial charge in [0.1, 0.15) is 0 Å². The van der Waals surface area contributed by atoms with Crippen LogP contribution in [0.3, 0.4) is 0 Å². The fourth-order valence-corrected chi connectivity index (χ4v) is 7.24. The Bertz CT molecular complexity index is 728. The second-order valence-electron chi connectivity index (χ2n) is 11.4. The summed E-state index contributed by atoms with van der Waals surface area (Å²) in [6.07, 6.45) is 16.9. The zero-order valence-electron chi connectivity index (χ0n) is 21.0. The summed E-state index contributed by atoms with van der Waals surface area (Å²) in [7, 11) is 0. The quantitative estimate of drug-likeness (QED) is 0.654. The Morgan fingerprint density at radius 3 is 1.97 bits per heavy atom. The van der Waals surface area contributed by atoms with Crippen LogP contribution in [-0.2, 0) is 0 Å². The maximum atomic E-state index is 4.89. The van der Waals surface area contributed by atoms with E-state index in [1.165, 1.54) is 89.5 Å². The lowest BCUT2D eigenvalue weighted by atomic mass is 9.53. The van der Waals surface area contributed by atoms with Gasteiger partial charge in [0.25, 0.3) is 0 Å². The van der Waals surface area contributed by atoms with Crippen molar-refractivity contribution in [2.24, 2.45) is 5.41 Å². The molecule has 32 heavy (non-hydrogen) atoms. The van der Waals surface area contributed by atoms with Gasteiger partial charge in [-0.3, -0.25) is 4.90 Å². The fraction of sp³-hybridized carbons (Fsp3) is 0.852. The third-order valence-electron chi connectivity index (χ3n) is 9.40. The Morgan fingerprint density at radius 1 is 0.875 bits per heavy atom. The van der Waals surface area contributed by atoms with E-state index in [2.05, 4.69) is 40.9 Å². The van der Waals surface area contributed by atoms with Crippen LogP contribution in [-0.4, -0.2) is 70.1 Å². The molecule has 5 aliphatic rings. The van der Waals surface area contributed by atoms with Gasteiger partial charge in [-0.25, -0.2) is 9.97 Å². The molecule has 2 bridgehead atoms. The Morgan fingerprint density at radius 2 is 1.47 bits per heavy atom. The summed E-state index contributed by atoms with van der Waals surface area (Å²) in [6, 6.07) is 2.73. The summed E-state index contributed by atoms with van der Waals surface area (Å²) in [5.74, 6) is 1.63. The van der Waals surface area contributed by atoms with Crippen molar-refractivity contribution in [3.8, 4) is 0 Å². The molecule has 1 spiro atoms. The van der Waals surface area contributed by atoms with E-state index in [0.29, 0.717) is 24.0 Å². The van der Waals surface area contributed by atoms with Crippen molar-refractivity contribution in [2.45, 2.75) is 116 Å². The molecule has 3 aliphatic heterocycles. The number of nitrogens with zero attached hydrogens (tertiary/aromatic N) is 5. The van der Waals surface area contributed by atoms with Crippen molar-refractivity contribution in [2.75, 3.05) is 31.1 Å². The highest BCUT2D eigenvalue weighted by molar-refractivity contribution is 5.38. The minimum absolute atomic E-state index is 0.599. The Labute approximate surface area is 196 Å². The van der Waals surface area contributed by atoms with Crippen LogP contribution in [0.5, 0.6) is 0 Å². The first-order valence-electron chi connectivity index (χ1n) is 13.7. The van der Waals surface area contributed by atoms with Crippen LogP contribution < -0.4 is 4.90 Å². The standard InChI is InChI=1S/C25H39N5.C2H6/c1-18(2)29-16-21-4-5-22(17-29)30(21)24-26-14-20(15-27-24)19-6-10-28(11-7-19)23-12-25(13-23)8-3-9-25;1-2/h14-15,18-19,21-23H,3-13,16-17H2,1-2H3;1-2H3. The molecule has 4 heterocycles. The van der Waals surface area contributed by atoms with Crippen LogP contribution in [0.1, 0.15) is 97.0 Å². The first-order chi connectivity index (χ1) is 15.6. The topological polar surface area (TPSA) is 35.5 Å². The molecule has 0 radical (unpaired) electrons. The molecule has 1 aromatic rings. The summed E-state index contributed by atoms with van der Waals surface area (Å²) in [6.45, 7) is 13.5. The van der Waals surface area contributed by atoms with Crippen molar-refractivity contribution >= 4 is 5.95 Å². The second-order valence-corrected chi connectivity index (χ2v) is 11.4. The predicted octanol–water partition coefficient (Wildman–Crippen LogP) is 5.08. The van der Waals surface area contributed by atoms with Crippen LogP contribution in [0.4, 0.5) is 5.95 Å². The molecule has 2 aliphatic carbocycles. The lowest BCUT2D eigenvalue weighted by Gasteiger charge is -2.58. The Balaban J connectivity index is 0.00000105. The van der Waals surface area contributed by atoms with Crippen LogP contribution in [0, 0.1) is 5.41 Å². The zero-order valence-corrected chi connectivity index (χ0v) is 21.0. The fourth-order valence-electron chi connectivity index (χ4n) is 7.24. The van der Waals surface area contributed by atoms with Crippen molar-refractivity contribution in [3.63, 3.8) is 0 Å². The second kappa shape index (κ2) is 9.21. The smallest absolute Gasteiger partial charge is 0.225 e. The van der Waals surface area contributed by atoms with Crippen LogP contribution in [0.25, 0.3) is 0 Å². The van der Waals surface area contributed by atoms with Crippen molar-refractivity contribution in [1.82, 2.24) is 19.8 Å². The van der Waals surface area contributed by atoms with E-state index in [1.807, 2.05) is 13.8 Å².